The highest BCUT2D eigenvalue weighted by Gasteiger charge is 2.08. The van der Waals surface area contributed by atoms with Crippen LogP contribution in [0, 0.1) is 17.3 Å². The van der Waals surface area contributed by atoms with E-state index < -0.39 is 0 Å². The monoisotopic (exact) mass is 257 g/mol. The van der Waals surface area contributed by atoms with Gasteiger partial charge in [-0.15, -0.1) is 11.3 Å². The summed E-state index contributed by atoms with van der Waals surface area (Å²) >= 11 is 1.60. The molecule has 0 spiro atoms. The maximum absolute atomic E-state index is 12.0. The third kappa shape index (κ3) is 3.18. The summed E-state index contributed by atoms with van der Waals surface area (Å²) in [4.78, 5) is 16.2. The molecule has 0 amide bonds. The fourth-order valence-electron chi connectivity index (χ4n) is 1.49. The molecule has 2 rings (SSSR count). The Balaban J connectivity index is 2.15. The highest BCUT2D eigenvalue weighted by molar-refractivity contribution is 7.17. The lowest BCUT2D eigenvalue weighted by Crippen LogP contribution is -2.01. The number of thiophene rings is 1. The Labute approximate surface area is 111 Å². The molecule has 0 unspecified atom stereocenters. The molecule has 0 aromatic carbocycles. The van der Waals surface area contributed by atoms with Crippen LogP contribution in [0.3, 0.4) is 0 Å². The second-order valence-corrected chi connectivity index (χ2v) is 6.13. The van der Waals surface area contributed by atoms with Crippen LogP contribution in [0.5, 0.6) is 0 Å². The normalized spacial score (nSPS) is 11.1. The first-order chi connectivity index (χ1) is 8.46. The number of rotatable bonds is 2. The molecule has 3 heteroatoms. The summed E-state index contributed by atoms with van der Waals surface area (Å²) in [7, 11) is 0. The molecule has 0 saturated carbocycles. The summed E-state index contributed by atoms with van der Waals surface area (Å²) < 4.78 is 1.05. The van der Waals surface area contributed by atoms with Gasteiger partial charge in [-0.05, 0) is 38.3 Å². The van der Waals surface area contributed by atoms with Crippen molar-refractivity contribution in [1.29, 1.82) is 0 Å². The number of hydrogen-bond donors (Lipinski definition) is 0. The first kappa shape index (κ1) is 12.8. The summed E-state index contributed by atoms with van der Waals surface area (Å²) in [6.45, 7) is 6.09. The summed E-state index contributed by atoms with van der Waals surface area (Å²) in [5.41, 5.74) is 1.53. The van der Waals surface area contributed by atoms with Gasteiger partial charge in [0.1, 0.15) is 0 Å². The highest BCUT2D eigenvalue weighted by atomic mass is 32.1. The third-order valence-electron chi connectivity index (χ3n) is 2.34. The molecule has 0 aliphatic heterocycles. The van der Waals surface area contributed by atoms with E-state index in [1.54, 1.807) is 17.5 Å². The molecule has 0 aliphatic rings. The Morgan fingerprint density at radius 3 is 2.94 bits per heavy atom. The van der Waals surface area contributed by atoms with Crippen molar-refractivity contribution in [1.82, 2.24) is 4.98 Å². The van der Waals surface area contributed by atoms with E-state index in [1.165, 1.54) is 0 Å². The Bertz CT molecular complexity index is 638. The van der Waals surface area contributed by atoms with Gasteiger partial charge in [-0.2, -0.15) is 0 Å². The zero-order chi connectivity index (χ0) is 13.2. The van der Waals surface area contributed by atoms with Crippen molar-refractivity contribution in [2.45, 2.75) is 27.2 Å². The molecule has 2 nitrogen and oxygen atoms in total. The zero-order valence-corrected chi connectivity index (χ0v) is 11.6. The van der Waals surface area contributed by atoms with Crippen LogP contribution in [0.2, 0.25) is 0 Å². The van der Waals surface area contributed by atoms with E-state index in [0.717, 1.165) is 10.2 Å². The lowest BCUT2D eigenvalue weighted by molar-refractivity contribution is 0.0998. The quantitative estimate of drug-likeness (QED) is 0.603. The van der Waals surface area contributed by atoms with Crippen molar-refractivity contribution < 1.29 is 4.79 Å². The van der Waals surface area contributed by atoms with Gasteiger partial charge in [-0.1, -0.05) is 11.8 Å². The lowest BCUT2D eigenvalue weighted by atomic mass is 9.97. The van der Waals surface area contributed by atoms with Crippen molar-refractivity contribution in [2.75, 3.05) is 0 Å². The van der Waals surface area contributed by atoms with Crippen LogP contribution >= 0.6 is 11.3 Å². The highest BCUT2D eigenvalue weighted by Crippen LogP contribution is 2.20. The second kappa shape index (κ2) is 4.91. The number of aromatic nitrogens is 1. The van der Waals surface area contributed by atoms with Crippen molar-refractivity contribution in [3.63, 3.8) is 0 Å². The van der Waals surface area contributed by atoms with Crippen molar-refractivity contribution in [3.05, 3.63) is 29.3 Å². The minimum atomic E-state index is -0.0593. The van der Waals surface area contributed by atoms with Gasteiger partial charge in [0.25, 0.3) is 0 Å². The summed E-state index contributed by atoms with van der Waals surface area (Å²) in [6.07, 6.45) is 1.89. The number of ketones is 1. The van der Waals surface area contributed by atoms with E-state index in [0.29, 0.717) is 5.56 Å². The van der Waals surface area contributed by atoms with Crippen LogP contribution in [-0.2, 0) is 0 Å². The molecular weight excluding hydrogens is 242 g/mol. The Morgan fingerprint density at radius 2 is 2.22 bits per heavy atom. The predicted molar refractivity (Wildman–Crippen MR) is 75.8 cm³/mol. The number of Topliss-reactive ketones (excluding diaryl/α,β-unsaturated/α-hetero) is 1. The van der Waals surface area contributed by atoms with Crippen LogP contribution in [0.1, 0.15) is 37.6 Å². The van der Waals surface area contributed by atoms with Crippen molar-refractivity contribution in [3.8, 4) is 11.8 Å². The van der Waals surface area contributed by atoms with Crippen LogP contribution in [-0.4, -0.2) is 10.8 Å². The maximum atomic E-state index is 12.0. The van der Waals surface area contributed by atoms with E-state index in [-0.39, 0.29) is 17.6 Å². The van der Waals surface area contributed by atoms with Gasteiger partial charge in [0.15, 0.2) is 5.78 Å². The Hall–Kier alpha value is -1.66. The van der Waals surface area contributed by atoms with Gasteiger partial charge < -0.3 is 0 Å². The SMILES string of the molecule is CC(C)(C)C#CCC(=O)c1cnc2ccsc2c1. The van der Waals surface area contributed by atoms with Gasteiger partial charge in [-0.25, -0.2) is 0 Å². The maximum Gasteiger partial charge on any atom is 0.176 e. The fraction of sp³-hybridized carbons (Fsp3) is 0.333. The zero-order valence-electron chi connectivity index (χ0n) is 10.8. The molecule has 0 saturated heterocycles. The molecule has 92 valence electrons. The average Bonchev–Trinajstić information content (AvgIpc) is 2.73. The van der Waals surface area contributed by atoms with Crippen LogP contribution in [0.15, 0.2) is 23.7 Å². The molecule has 2 aromatic heterocycles. The Kier molecular flexibility index (Phi) is 3.49. The molecule has 0 radical (unpaired) electrons. The molecule has 18 heavy (non-hydrogen) atoms. The van der Waals surface area contributed by atoms with Crippen LogP contribution < -0.4 is 0 Å². The third-order valence-corrected chi connectivity index (χ3v) is 3.19. The van der Waals surface area contributed by atoms with Crippen molar-refractivity contribution >= 4 is 27.3 Å². The van der Waals surface area contributed by atoms with E-state index in [9.17, 15) is 4.79 Å². The van der Waals surface area contributed by atoms with Gasteiger partial charge >= 0.3 is 0 Å². The van der Waals surface area contributed by atoms with E-state index >= 15 is 0 Å². The summed E-state index contributed by atoms with van der Waals surface area (Å²) in [5.74, 6) is 6.04. The number of nitrogens with zero attached hydrogens (tertiary/aromatic N) is 1. The standard InChI is InChI=1S/C15H15NOS/c1-15(2,3)7-4-5-13(17)11-9-14-12(16-10-11)6-8-18-14/h6,8-10H,5H2,1-3H3. The number of pyridine rings is 1. The predicted octanol–water partition coefficient (Wildman–Crippen LogP) is 3.92. The largest absolute Gasteiger partial charge is 0.293 e. The summed E-state index contributed by atoms with van der Waals surface area (Å²) in [6, 6.07) is 3.85. The first-order valence-corrected chi connectivity index (χ1v) is 6.70. The topological polar surface area (TPSA) is 30.0 Å². The average molecular weight is 257 g/mol. The van der Waals surface area contributed by atoms with E-state index in [1.807, 2.05) is 38.3 Å². The number of fused-ring (bicyclic) bond motifs is 1. The molecule has 2 heterocycles. The molecule has 0 atom stereocenters. The number of hydrogen-bond acceptors (Lipinski definition) is 3. The minimum Gasteiger partial charge on any atom is -0.293 e. The molecule has 2 aromatic rings. The van der Waals surface area contributed by atoms with E-state index in [2.05, 4.69) is 16.8 Å². The summed E-state index contributed by atoms with van der Waals surface area (Å²) in [5, 5.41) is 1.98. The van der Waals surface area contributed by atoms with Gasteiger partial charge in [0, 0.05) is 17.2 Å². The van der Waals surface area contributed by atoms with E-state index in [4.69, 9.17) is 0 Å². The molecule has 0 N–H and O–H groups in total. The van der Waals surface area contributed by atoms with Crippen LogP contribution in [0.25, 0.3) is 10.2 Å². The minimum absolute atomic E-state index is 0.0366. The van der Waals surface area contributed by atoms with Crippen LogP contribution in [0.4, 0.5) is 0 Å². The molecule has 0 bridgehead atoms. The Morgan fingerprint density at radius 1 is 1.44 bits per heavy atom. The molecular formula is C15H15NOS. The smallest absolute Gasteiger partial charge is 0.176 e. The van der Waals surface area contributed by atoms with Gasteiger partial charge in [0.05, 0.1) is 16.6 Å². The van der Waals surface area contributed by atoms with Gasteiger partial charge in [-0.3, -0.25) is 9.78 Å². The molecule has 0 aliphatic carbocycles. The van der Waals surface area contributed by atoms with Gasteiger partial charge in [0.2, 0.25) is 0 Å². The number of carbonyl (C=O) groups is 1. The first-order valence-electron chi connectivity index (χ1n) is 5.82. The number of carbonyl (C=O) groups excluding carboxylic acids is 1. The fourth-order valence-corrected chi connectivity index (χ4v) is 2.27. The molecule has 0 fully saturated rings. The lowest BCUT2D eigenvalue weighted by Gasteiger charge is -2.06. The second-order valence-electron chi connectivity index (χ2n) is 5.18. The van der Waals surface area contributed by atoms with Crippen molar-refractivity contribution in [2.24, 2.45) is 5.41 Å².